The molecule has 0 saturated carbocycles. The normalized spacial score (nSPS) is 15.2. The van der Waals surface area contributed by atoms with Crippen molar-refractivity contribution in [3.05, 3.63) is 88.5 Å². The zero-order valence-electron chi connectivity index (χ0n) is 21.6. The summed E-state index contributed by atoms with van der Waals surface area (Å²) in [5, 5.41) is 0. The fraction of sp³-hybridized carbons (Fsp3) is 0.300. The van der Waals surface area contributed by atoms with Crippen molar-refractivity contribution in [1.82, 2.24) is 4.90 Å². The molecule has 1 saturated heterocycles. The first kappa shape index (κ1) is 26.5. The van der Waals surface area contributed by atoms with Gasteiger partial charge in [0.2, 0.25) is 5.69 Å². The highest BCUT2D eigenvalue weighted by atomic mass is 19.4. The van der Waals surface area contributed by atoms with E-state index in [1.807, 2.05) is 17.9 Å². The third-order valence-corrected chi connectivity index (χ3v) is 7.37. The maximum Gasteiger partial charge on any atom is 0.416 e. The maximum atomic E-state index is 13.0. The number of hydrogen-bond acceptors (Lipinski definition) is 4. The second kappa shape index (κ2) is 10.6. The van der Waals surface area contributed by atoms with Crippen molar-refractivity contribution in [3.8, 4) is 11.5 Å². The molecule has 0 atom stereocenters. The van der Waals surface area contributed by atoms with Crippen LogP contribution in [0.15, 0.2) is 60.7 Å². The number of amides is 1. The molecule has 2 heterocycles. The SMILES string of the molecule is COC(=O)c1ccc2c(c1C)C=[N+]2CC1CCN(C(=O)c2ccc(Oc3ccc(C(F)(F)F)cc3)cc2)CC1. The van der Waals surface area contributed by atoms with Crippen molar-refractivity contribution in [2.75, 3.05) is 26.7 Å². The predicted octanol–water partition coefficient (Wildman–Crippen LogP) is 6.22. The number of likely N-dealkylation sites (tertiary alicyclic amines) is 1. The average Bonchev–Trinajstić information content (AvgIpc) is 2.92. The Kier molecular flexibility index (Phi) is 7.16. The van der Waals surface area contributed by atoms with E-state index in [0.717, 1.165) is 48.3 Å². The number of methoxy groups -OCH3 is 1. The summed E-state index contributed by atoms with van der Waals surface area (Å²) in [5.74, 6) is 0.774. The molecule has 0 aromatic heterocycles. The number of rotatable bonds is 6. The molecule has 1 fully saturated rings. The summed E-state index contributed by atoms with van der Waals surface area (Å²) >= 11 is 0. The molecule has 2 aliphatic rings. The van der Waals surface area contributed by atoms with E-state index >= 15 is 0 Å². The molecule has 39 heavy (non-hydrogen) atoms. The van der Waals surface area contributed by atoms with Crippen LogP contribution in [0.25, 0.3) is 0 Å². The van der Waals surface area contributed by atoms with E-state index in [0.29, 0.717) is 35.9 Å². The Balaban J connectivity index is 1.13. The van der Waals surface area contributed by atoms with Crippen molar-refractivity contribution in [2.24, 2.45) is 5.92 Å². The van der Waals surface area contributed by atoms with Crippen LogP contribution < -0.4 is 4.74 Å². The molecule has 0 bridgehead atoms. The Labute approximate surface area is 224 Å². The van der Waals surface area contributed by atoms with Crippen LogP contribution in [-0.2, 0) is 10.9 Å². The van der Waals surface area contributed by atoms with E-state index in [-0.39, 0.29) is 17.6 Å². The maximum absolute atomic E-state index is 13.0. The molecule has 0 N–H and O–H groups in total. The van der Waals surface area contributed by atoms with Gasteiger partial charge in [-0.3, -0.25) is 4.79 Å². The molecule has 2 aliphatic heterocycles. The van der Waals surface area contributed by atoms with Gasteiger partial charge >= 0.3 is 12.1 Å². The Morgan fingerprint density at radius 2 is 1.56 bits per heavy atom. The molecular weight excluding hydrogens is 509 g/mol. The number of alkyl halides is 3. The van der Waals surface area contributed by atoms with E-state index in [1.54, 1.807) is 30.3 Å². The summed E-state index contributed by atoms with van der Waals surface area (Å²) in [6.45, 7) is 4.11. The van der Waals surface area contributed by atoms with Crippen molar-refractivity contribution in [2.45, 2.75) is 25.9 Å². The van der Waals surface area contributed by atoms with Crippen molar-refractivity contribution in [1.29, 1.82) is 0 Å². The Morgan fingerprint density at radius 3 is 2.15 bits per heavy atom. The van der Waals surface area contributed by atoms with Crippen molar-refractivity contribution >= 4 is 23.8 Å². The lowest BCUT2D eigenvalue weighted by Gasteiger charge is -2.31. The highest BCUT2D eigenvalue weighted by molar-refractivity contribution is 5.98. The van der Waals surface area contributed by atoms with E-state index in [9.17, 15) is 22.8 Å². The molecule has 202 valence electrons. The fourth-order valence-electron chi connectivity index (χ4n) is 5.06. The monoisotopic (exact) mass is 537 g/mol. The predicted molar refractivity (Wildman–Crippen MR) is 139 cm³/mol. The van der Waals surface area contributed by atoms with E-state index in [2.05, 4.69) is 10.8 Å². The number of halogens is 3. The second-order valence-electron chi connectivity index (χ2n) is 9.83. The summed E-state index contributed by atoms with van der Waals surface area (Å²) < 4.78 is 50.9. The van der Waals surface area contributed by atoms with Crippen LogP contribution in [0.5, 0.6) is 11.5 Å². The molecule has 6 nitrogen and oxygen atoms in total. The fourth-order valence-corrected chi connectivity index (χ4v) is 5.06. The van der Waals surface area contributed by atoms with Gasteiger partial charge in [-0.25, -0.2) is 4.79 Å². The zero-order valence-corrected chi connectivity index (χ0v) is 21.6. The van der Waals surface area contributed by atoms with Gasteiger partial charge in [0, 0.05) is 30.6 Å². The third kappa shape index (κ3) is 5.53. The van der Waals surface area contributed by atoms with Gasteiger partial charge in [-0.15, -0.1) is 0 Å². The summed E-state index contributed by atoms with van der Waals surface area (Å²) in [6.07, 6.45) is -0.549. The lowest BCUT2D eigenvalue weighted by atomic mass is 9.92. The Hall–Kier alpha value is -4.14. The first-order valence-corrected chi connectivity index (χ1v) is 12.7. The molecule has 0 spiro atoms. The molecule has 0 aliphatic carbocycles. The highest BCUT2D eigenvalue weighted by Crippen LogP contribution is 2.33. The standard InChI is InChI=1S/C30H28F3N2O4/c1-19-25(29(37)38-2)11-12-27-26(19)18-35(27)17-20-13-15-34(16-14-20)28(36)21-3-7-23(8-4-21)39-24-9-5-22(6-10-24)30(31,32)33/h3-12,18,20H,13-17H2,1-2H3/q+1. The van der Waals surface area contributed by atoms with Gasteiger partial charge in [0.25, 0.3) is 5.91 Å². The first-order chi connectivity index (χ1) is 18.6. The largest absolute Gasteiger partial charge is 0.465 e. The minimum atomic E-state index is -4.40. The van der Waals surface area contributed by atoms with Crippen molar-refractivity contribution < 1.29 is 36.8 Å². The molecule has 5 rings (SSSR count). The van der Waals surface area contributed by atoms with Gasteiger partial charge in [0.1, 0.15) is 17.1 Å². The van der Waals surface area contributed by atoms with Crippen LogP contribution in [0, 0.1) is 12.8 Å². The number of hydrogen-bond donors (Lipinski definition) is 0. The molecule has 3 aromatic rings. The molecular formula is C30H28F3N2O4+. The van der Waals surface area contributed by atoms with E-state index < -0.39 is 11.7 Å². The van der Waals surface area contributed by atoms with E-state index in [1.165, 1.54) is 19.2 Å². The number of fused-ring (bicyclic) bond motifs is 1. The van der Waals surface area contributed by atoms with E-state index in [4.69, 9.17) is 9.47 Å². The summed E-state index contributed by atoms with van der Waals surface area (Å²) in [7, 11) is 1.38. The minimum absolute atomic E-state index is 0.0543. The van der Waals surface area contributed by atoms with Crippen LogP contribution in [0.2, 0.25) is 0 Å². The number of ether oxygens (including phenoxy) is 2. The van der Waals surface area contributed by atoms with Crippen LogP contribution >= 0.6 is 0 Å². The number of carbonyl (C=O) groups is 2. The van der Waals surface area contributed by atoms with Crippen molar-refractivity contribution in [3.63, 3.8) is 0 Å². The Morgan fingerprint density at radius 1 is 0.949 bits per heavy atom. The second-order valence-corrected chi connectivity index (χ2v) is 9.83. The average molecular weight is 538 g/mol. The van der Waals surface area contributed by atoms with Gasteiger partial charge in [0.15, 0.2) is 12.8 Å². The smallest absolute Gasteiger partial charge is 0.416 e. The topological polar surface area (TPSA) is 58.9 Å². The number of esters is 1. The quantitative estimate of drug-likeness (QED) is 0.277. The van der Waals surface area contributed by atoms with Gasteiger partial charge in [-0.1, -0.05) is 0 Å². The number of benzene rings is 3. The minimum Gasteiger partial charge on any atom is -0.465 e. The summed E-state index contributed by atoms with van der Waals surface area (Å²) in [6, 6.07) is 14.9. The number of piperidine rings is 1. The molecule has 0 unspecified atom stereocenters. The molecule has 1 amide bonds. The molecule has 3 aromatic carbocycles. The van der Waals surface area contributed by atoms with Gasteiger partial charge in [0.05, 0.1) is 18.2 Å². The third-order valence-electron chi connectivity index (χ3n) is 7.37. The Bertz CT molecular complexity index is 1420. The van der Waals surface area contributed by atoms with Crippen LogP contribution in [0.1, 0.15) is 50.2 Å². The lowest BCUT2D eigenvalue weighted by Crippen LogP contribution is -2.40. The zero-order chi connectivity index (χ0) is 27.7. The van der Waals surface area contributed by atoms with Crippen LogP contribution in [0.4, 0.5) is 18.9 Å². The number of nitrogens with zero attached hydrogens (tertiary/aromatic N) is 2. The highest BCUT2D eigenvalue weighted by Gasteiger charge is 2.34. The summed E-state index contributed by atoms with van der Waals surface area (Å²) in [4.78, 5) is 26.8. The molecule has 9 heteroatoms. The summed E-state index contributed by atoms with van der Waals surface area (Å²) in [5.41, 5.74) is 3.48. The lowest BCUT2D eigenvalue weighted by molar-refractivity contribution is -0.456. The van der Waals surface area contributed by atoms with Gasteiger partial charge in [-0.2, -0.15) is 17.7 Å². The van der Waals surface area contributed by atoms with Crippen LogP contribution in [0.3, 0.4) is 0 Å². The molecule has 0 radical (unpaired) electrons. The van der Waals surface area contributed by atoms with Crippen LogP contribution in [-0.4, -0.2) is 54.3 Å². The number of carbonyl (C=O) groups excluding carboxylic acids is 2. The first-order valence-electron chi connectivity index (χ1n) is 12.7. The van der Waals surface area contributed by atoms with Gasteiger partial charge in [-0.05, 0) is 79.9 Å². The van der Waals surface area contributed by atoms with Gasteiger partial charge < -0.3 is 14.4 Å².